The van der Waals surface area contributed by atoms with Gasteiger partial charge in [-0.25, -0.2) is 0 Å². The normalized spacial score (nSPS) is 15.1. The molecule has 0 fully saturated rings. The first kappa shape index (κ1) is 15.7. The van der Waals surface area contributed by atoms with Gasteiger partial charge in [-0.15, -0.1) is 0 Å². The van der Waals surface area contributed by atoms with Crippen LogP contribution in [0.2, 0.25) is 0 Å². The SMILES string of the molecule is CC(CO)C(C)NC(=O)c1cn(C)nc1C(C)(C)C. The number of amides is 1. The van der Waals surface area contributed by atoms with E-state index in [2.05, 4.69) is 10.4 Å². The maximum absolute atomic E-state index is 12.3. The number of carbonyl (C=O) groups is 1. The molecule has 2 unspecified atom stereocenters. The van der Waals surface area contributed by atoms with Gasteiger partial charge in [-0.05, 0) is 12.8 Å². The fourth-order valence-electron chi connectivity index (χ4n) is 1.79. The van der Waals surface area contributed by atoms with Crippen LogP contribution in [0, 0.1) is 5.92 Å². The van der Waals surface area contributed by atoms with E-state index in [4.69, 9.17) is 5.11 Å². The monoisotopic (exact) mass is 267 g/mol. The smallest absolute Gasteiger partial charge is 0.254 e. The van der Waals surface area contributed by atoms with Gasteiger partial charge in [0.05, 0.1) is 11.3 Å². The number of aromatic nitrogens is 2. The van der Waals surface area contributed by atoms with Crippen LogP contribution in [0.15, 0.2) is 6.20 Å². The van der Waals surface area contributed by atoms with Crippen LogP contribution >= 0.6 is 0 Å². The van der Waals surface area contributed by atoms with E-state index in [1.54, 1.807) is 10.9 Å². The molecule has 0 spiro atoms. The number of carbonyl (C=O) groups excluding carboxylic acids is 1. The molecule has 2 N–H and O–H groups in total. The topological polar surface area (TPSA) is 67.2 Å². The van der Waals surface area contributed by atoms with Crippen LogP contribution in [0.4, 0.5) is 0 Å². The van der Waals surface area contributed by atoms with E-state index in [1.165, 1.54) is 0 Å². The van der Waals surface area contributed by atoms with E-state index in [0.29, 0.717) is 5.56 Å². The van der Waals surface area contributed by atoms with Crippen molar-refractivity contribution < 1.29 is 9.90 Å². The van der Waals surface area contributed by atoms with Crippen LogP contribution in [-0.4, -0.2) is 33.4 Å². The van der Waals surface area contributed by atoms with E-state index in [-0.39, 0.29) is 29.9 Å². The summed E-state index contributed by atoms with van der Waals surface area (Å²) >= 11 is 0. The molecular formula is C14H25N3O2. The van der Waals surface area contributed by atoms with Crippen molar-refractivity contribution in [1.29, 1.82) is 0 Å². The highest BCUT2D eigenvalue weighted by atomic mass is 16.3. The summed E-state index contributed by atoms with van der Waals surface area (Å²) in [4.78, 5) is 12.3. The van der Waals surface area contributed by atoms with Crippen molar-refractivity contribution in [3.05, 3.63) is 17.5 Å². The van der Waals surface area contributed by atoms with E-state index in [0.717, 1.165) is 5.69 Å². The standard InChI is InChI=1S/C14H25N3O2/c1-9(8-18)10(2)15-13(19)11-7-17(6)16-12(11)14(3,4)5/h7,9-10,18H,8H2,1-6H3,(H,15,19). The molecule has 1 aromatic rings. The molecular weight excluding hydrogens is 242 g/mol. The molecule has 2 atom stereocenters. The van der Waals surface area contributed by atoms with Crippen LogP contribution < -0.4 is 5.32 Å². The Hall–Kier alpha value is -1.36. The fraction of sp³-hybridized carbons (Fsp3) is 0.714. The summed E-state index contributed by atoms with van der Waals surface area (Å²) in [6, 6.07) is -0.0782. The Morgan fingerprint density at radius 2 is 2.05 bits per heavy atom. The second-order valence-corrected chi connectivity index (χ2v) is 6.24. The van der Waals surface area contributed by atoms with Crippen LogP contribution in [0.3, 0.4) is 0 Å². The lowest BCUT2D eigenvalue weighted by Crippen LogP contribution is -2.39. The average Bonchev–Trinajstić information content (AvgIpc) is 2.70. The van der Waals surface area contributed by atoms with E-state index in [9.17, 15) is 4.79 Å². The first-order chi connectivity index (χ1) is 8.66. The summed E-state index contributed by atoms with van der Waals surface area (Å²) < 4.78 is 1.66. The van der Waals surface area contributed by atoms with Gasteiger partial charge in [0.15, 0.2) is 0 Å². The highest BCUT2D eigenvalue weighted by Gasteiger charge is 2.26. The average molecular weight is 267 g/mol. The van der Waals surface area contributed by atoms with Gasteiger partial charge in [-0.3, -0.25) is 9.48 Å². The van der Waals surface area contributed by atoms with Gasteiger partial charge in [0.2, 0.25) is 0 Å². The zero-order chi connectivity index (χ0) is 14.8. The molecule has 5 nitrogen and oxygen atoms in total. The van der Waals surface area contributed by atoms with E-state index < -0.39 is 0 Å². The van der Waals surface area contributed by atoms with Gasteiger partial charge < -0.3 is 10.4 Å². The van der Waals surface area contributed by atoms with Crippen molar-refractivity contribution in [1.82, 2.24) is 15.1 Å². The molecule has 0 saturated carbocycles. The van der Waals surface area contributed by atoms with Crippen molar-refractivity contribution in [3.8, 4) is 0 Å². The molecule has 108 valence electrons. The van der Waals surface area contributed by atoms with Crippen LogP contribution in [0.5, 0.6) is 0 Å². The largest absolute Gasteiger partial charge is 0.396 e. The number of hydrogen-bond acceptors (Lipinski definition) is 3. The molecule has 0 saturated heterocycles. The molecule has 1 amide bonds. The minimum Gasteiger partial charge on any atom is -0.396 e. The molecule has 19 heavy (non-hydrogen) atoms. The number of nitrogens with one attached hydrogen (secondary N) is 1. The van der Waals surface area contributed by atoms with Crippen molar-refractivity contribution in [2.75, 3.05) is 6.61 Å². The van der Waals surface area contributed by atoms with Crippen LogP contribution in [0.1, 0.15) is 50.7 Å². The minimum atomic E-state index is -0.181. The van der Waals surface area contributed by atoms with E-state index >= 15 is 0 Å². The van der Waals surface area contributed by atoms with Crippen LogP contribution in [-0.2, 0) is 12.5 Å². The maximum Gasteiger partial charge on any atom is 0.254 e. The summed E-state index contributed by atoms with van der Waals surface area (Å²) in [5.74, 6) is -0.107. The predicted molar refractivity (Wildman–Crippen MR) is 75.1 cm³/mol. The lowest BCUT2D eigenvalue weighted by molar-refractivity contribution is 0.0914. The van der Waals surface area contributed by atoms with Gasteiger partial charge in [0.25, 0.3) is 5.91 Å². The Bertz CT molecular complexity index is 446. The Morgan fingerprint density at radius 3 is 2.53 bits per heavy atom. The number of aryl methyl sites for hydroxylation is 1. The van der Waals surface area contributed by atoms with Crippen molar-refractivity contribution in [3.63, 3.8) is 0 Å². The Balaban J connectivity index is 2.95. The third-order valence-electron chi connectivity index (χ3n) is 3.28. The van der Waals surface area contributed by atoms with Crippen molar-refractivity contribution >= 4 is 5.91 Å². The molecule has 0 aromatic carbocycles. The van der Waals surface area contributed by atoms with Gasteiger partial charge in [-0.2, -0.15) is 5.10 Å². The minimum absolute atomic E-state index is 0.0266. The summed E-state index contributed by atoms with van der Waals surface area (Å²) in [5.41, 5.74) is 1.21. The van der Waals surface area contributed by atoms with Gasteiger partial charge in [0.1, 0.15) is 0 Å². The summed E-state index contributed by atoms with van der Waals surface area (Å²) in [6.45, 7) is 9.95. The maximum atomic E-state index is 12.3. The van der Waals surface area contributed by atoms with Crippen molar-refractivity contribution in [2.45, 2.75) is 46.1 Å². The van der Waals surface area contributed by atoms with Crippen molar-refractivity contribution in [2.24, 2.45) is 13.0 Å². The lowest BCUT2D eigenvalue weighted by atomic mass is 9.89. The molecule has 0 bridgehead atoms. The number of aliphatic hydroxyl groups excluding tert-OH is 1. The summed E-state index contributed by atoms with van der Waals surface area (Å²) in [5, 5.41) is 16.4. The third kappa shape index (κ3) is 3.80. The molecule has 1 aromatic heterocycles. The first-order valence-corrected chi connectivity index (χ1v) is 6.62. The molecule has 0 radical (unpaired) electrons. The number of rotatable bonds is 4. The molecule has 0 aliphatic heterocycles. The quantitative estimate of drug-likeness (QED) is 0.868. The molecule has 1 heterocycles. The van der Waals surface area contributed by atoms with Crippen LogP contribution in [0.25, 0.3) is 0 Å². The summed E-state index contributed by atoms with van der Waals surface area (Å²) in [6.07, 6.45) is 1.74. The van der Waals surface area contributed by atoms with Gasteiger partial charge >= 0.3 is 0 Å². The zero-order valence-electron chi connectivity index (χ0n) is 12.7. The van der Waals surface area contributed by atoms with Gasteiger partial charge in [0, 0.05) is 31.3 Å². The first-order valence-electron chi connectivity index (χ1n) is 6.62. The second-order valence-electron chi connectivity index (χ2n) is 6.24. The highest BCUT2D eigenvalue weighted by Crippen LogP contribution is 2.24. The summed E-state index contributed by atoms with van der Waals surface area (Å²) in [7, 11) is 1.81. The number of nitrogens with zero attached hydrogens (tertiary/aromatic N) is 2. The predicted octanol–water partition coefficient (Wildman–Crippen LogP) is 1.46. The molecule has 0 aliphatic rings. The zero-order valence-corrected chi connectivity index (χ0v) is 12.7. The van der Waals surface area contributed by atoms with Gasteiger partial charge in [-0.1, -0.05) is 27.7 Å². The fourth-order valence-corrected chi connectivity index (χ4v) is 1.79. The Labute approximate surface area is 115 Å². The lowest BCUT2D eigenvalue weighted by Gasteiger charge is -2.21. The molecule has 0 aliphatic carbocycles. The number of aliphatic hydroxyl groups is 1. The highest BCUT2D eigenvalue weighted by molar-refractivity contribution is 5.95. The third-order valence-corrected chi connectivity index (χ3v) is 3.28. The number of hydrogen-bond donors (Lipinski definition) is 2. The molecule has 5 heteroatoms. The van der Waals surface area contributed by atoms with E-state index in [1.807, 2.05) is 41.7 Å². The second kappa shape index (κ2) is 5.74. The Morgan fingerprint density at radius 1 is 1.47 bits per heavy atom. The molecule has 1 rings (SSSR count). The Kier molecular flexibility index (Phi) is 4.74.